The first-order chi connectivity index (χ1) is 15.4. The van der Waals surface area contributed by atoms with Crippen LogP contribution in [0.1, 0.15) is 19.3 Å². The fourth-order valence-corrected chi connectivity index (χ4v) is 3.94. The number of aromatic hydroxyl groups is 1. The molecule has 2 aromatic carbocycles. The molecule has 4 rings (SSSR count). The van der Waals surface area contributed by atoms with Gasteiger partial charge in [0.1, 0.15) is 17.8 Å². The summed E-state index contributed by atoms with van der Waals surface area (Å²) >= 11 is 3.08. The number of halogens is 2. The van der Waals surface area contributed by atoms with Crippen LogP contribution in [0, 0.1) is 5.82 Å². The normalized spacial score (nSPS) is 15.1. The molecule has 8 nitrogen and oxygen atoms in total. The third kappa shape index (κ3) is 5.03. The molecule has 2 heterocycles. The number of aliphatic hydroxyl groups excluding tert-OH is 1. The second kappa shape index (κ2) is 9.85. The van der Waals surface area contributed by atoms with Gasteiger partial charge in [-0.1, -0.05) is 0 Å². The highest BCUT2D eigenvalue weighted by Crippen LogP contribution is 2.33. The first-order valence-corrected chi connectivity index (χ1v) is 11.1. The lowest BCUT2D eigenvalue weighted by Crippen LogP contribution is -2.33. The molecule has 1 saturated heterocycles. The Kier molecular flexibility index (Phi) is 6.92. The number of likely N-dealkylation sites (tertiary alicyclic amines) is 1. The number of methoxy groups -OCH3 is 1. The summed E-state index contributed by atoms with van der Waals surface area (Å²) in [6.07, 6.45) is 3.75. The van der Waals surface area contributed by atoms with Gasteiger partial charge in [-0.3, -0.25) is 4.90 Å². The number of aliphatic hydroxyl groups is 1. The van der Waals surface area contributed by atoms with Crippen LogP contribution in [0.4, 0.5) is 16.0 Å². The van der Waals surface area contributed by atoms with Gasteiger partial charge in [0.15, 0.2) is 11.5 Å². The third-order valence-corrected chi connectivity index (χ3v) is 5.98. The quantitative estimate of drug-likeness (QED) is 0.418. The molecule has 1 atom stereocenters. The van der Waals surface area contributed by atoms with Gasteiger partial charge >= 0.3 is 0 Å². The fraction of sp³-hybridized carbons (Fsp3) is 0.364. The van der Waals surface area contributed by atoms with E-state index in [1.165, 1.54) is 6.07 Å². The smallest absolute Gasteiger partial charge is 0.227 e. The highest BCUT2D eigenvalue weighted by atomic mass is 79.9. The Morgan fingerprint density at radius 1 is 1.22 bits per heavy atom. The summed E-state index contributed by atoms with van der Waals surface area (Å²) in [6.45, 7) is 2.13. The van der Waals surface area contributed by atoms with Crippen LogP contribution in [0.15, 0.2) is 34.9 Å². The van der Waals surface area contributed by atoms with E-state index in [4.69, 9.17) is 9.47 Å². The Bertz CT molecular complexity index is 1110. The lowest BCUT2D eigenvalue weighted by atomic mass is 10.2. The minimum absolute atomic E-state index is 0.0472. The molecule has 1 aliphatic rings. The van der Waals surface area contributed by atoms with E-state index < -0.39 is 12.0 Å². The Morgan fingerprint density at radius 3 is 2.75 bits per heavy atom. The Hall–Kier alpha value is -2.69. The lowest BCUT2D eigenvalue weighted by Gasteiger charge is -2.22. The topological polar surface area (TPSA) is 100.0 Å². The van der Waals surface area contributed by atoms with Crippen molar-refractivity contribution in [2.24, 2.45) is 0 Å². The van der Waals surface area contributed by atoms with Gasteiger partial charge in [0.25, 0.3) is 0 Å². The van der Waals surface area contributed by atoms with Gasteiger partial charge in [0.2, 0.25) is 5.95 Å². The number of benzene rings is 2. The molecule has 1 fully saturated rings. The molecular weight excluding hydrogens is 483 g/mol. The zero-order valence-corrected chi connectivity index (χ0v) is 19.1. The van der Waals surface area contributed by atoms with Crippen LogP contribution in [0.2, 0.25) is 0 Å². The zero-order chi connectivity index (χ0) is 22.7. The number of hydrogen-bond donors (Lipinski definition) is 3. The van der Waals surface area contributed by atoms with Crippen molar-refractivity contribution in [3.8, 4) is 17.2 Å². The van der Waals surface area contributed by atoms with Crippen molar-refractivity contribution < 1.29 is 24.1 Å². The average molecular weight is 507 g/mol. The van der Waals surface area contributed by atoms with E-state index >= 15 is 0 Å². The van der Waals surface area contributed by atoms with Crippen LogP contribution in [0.5, 0.6) is 17.2 Å². The number of phenols is 1. The molecule has 3 N–H and O–H groups in total. The van der Waals surface area contributed by atoms with Gasteiger partial charge in [-0.25, -0.2) is 14.4 Å². The molecule has 170 valence electrons. The number of aromatic nitrogens is 2. The van der Waals surface area contributed by atoms with Crippen LogP contribution in [-0.2, 0) is 0 Å². The van der Waals surface area contributed by atoms with Crippen molar-refractivity contribution >= 4 is 38.5 Å². The van der Waals surface area contributed by atoms with Crippen molar-refractivity contribution in [1.82, 2.24) is 14.9 Å². The van der Waals surface area contributed by atoms with E-state index in [-0.39, 0.29) is 21.9 Å². The largest absolute Gasteiger partial charge is 0.507 e. The first kappa shape index (κ1) is 22.5. The molecule has 0 bridgehead atoms. The van der Waals surface area contributed by atoms with E-state index in [9.17, 15) is 14.6 Å². The molecule has 3 aromatic rings. The van der Waals surface area contributed by atoms with Crippen LogP contribution in [0.3, 0.4) is 0 Å². The summed E-state index contributed by atoms with van der Waals surface area (Å²) < 4.78 is 25.8. The molecule has 0 saturated carbocycles. The summed E-state index contributed by atoms with van der Waals surface area (Å²) in [4.78, 5) is 10.7. The van der Waals surface area contributed by atoms with E-state index in [0.29, 0.717) is 30.0 Å². The maximum absolute atomic E-state index is 14.2. The number of phenolic OH excluding ortho intramolecular Hbond substituents is 1. The van der Waals surface area contributed by atoms with Crippen molar-refractivity contribution in [3.05, 3.63) is 40.8 Å². The molecule has 1 aromatic heterocycles. The summed E-state index contributed by atoms with van der Waals surface area (Å²) in [5, 5.41) is 23.6. The van der Waals surface area contributed by atoms with E-state index in [1.807, 2.05) is 4.90 Å². The minimum Gasteiger partial charge on any atom is -0.507 e. The predicted octanol–water partition coefficient (Wildman–Crippen LogP) is 4.17. The molecule has 1 unspecified atom stereocenters. The molecule has 10 heteroatoms. The fourth-order valence-electron chi connectivity index (χ4n) is 3.62. The summed E-state index contributed by atoms with van der Waals surface area (Å²) in [5.41, 5.74) is 0.617. The van der Waals surface area contributed by atoms with Crippen LogP contribution < -0.4 is 14.8 Å². The Morgan fingerprint density at radius 2 is 2.00 bits per heavy atom. The number of rotatable bonds is 8. The standard InChI is InChI=1S/C22H24BrFN4O4/c1-31-19-8-13-12-25-22(27-17-10-18(29)14(23)9-15(17)24)26-16(13)11-20(19)32-7-4-21(30)28-5-2-3-6-28/h8-12,21,29-30H,2-7H2,1H3,(H,25,26,27). The first-order valence-electron chi connectivity index (χ1n) is 10.3. The maximum Gasteiger partial charge on any atom is 0.227 e. The maximum atomic E-state index is 14.2. The number of anilines is 2. The Balaban J connectivity index is 1.51. The minimum atomic E-state index is -0.561. The zero-order valence-electron chi connectivity index (χ0n) is 17.5. The van der Waals surface area contributed by atoms with Crippen molar-refractivity contribution in [2.45, 2.75) is 25.5 Å². The van der Waals surface area contributed by atoms with E-state index in [0.717, 1.165) is 37.4 Å². The monoisotopic (exact) mass is 506 g/mol. The van der Waals surface area contributed by atoms with Gasteiger partial charge in [-0.15, -0.1) is 0 Å². The molecule has 32 heavy (non-hydrogen) atoms. The molecular formula is C22H24BrFN4O4. The molecule has 0 amide bonds. The number of hydrogen-bond acceptors (Lipinski definition) is 8. The highest BCUT2D eigenvalue weighted by molar-refractivity contribution is 9.10. The molecule has 0 radical (unpaired) electrons. The van der Waals surface area contributed by atoms with Crippen LogP contribution in [-0.4, -0.2) is 58.1 Å². The van der Waals surface area contributed by atoms with Crippen molar-refractivity contribution in [1.29, 1.82) is 0 Å². The number of nitrogens with one attached hydrogen (secondary N) is 1. The highest BCUT2D eigenvalue weighted by Gasteiger charge is 2.20. The van der Waals surface area contributed by atoms with Crippen molar-refractivity contribution in [2.75, 3.05) is 32.1 Å². The molecule has 1 aliphatic heterocycles. The molecule has 0 aliphatic carbocycles. The van der Waals surface area contributed by atoms with Crippen LogP contribution in [0.25, 0.3) is 10.9 Å². The predicted molar refractivity (Wildman–Crippen MR) is 122 cm³/mol. The summed E-state index contributed by atoms with van der Waals surface area (Å²) in [6, 6.07) is 5.89. The number of fused-ring (bicyclic) bond motifs is 1. The third-order valence-electron chi connectivity index (χ3n) is 5.34. The van der Waals surface area contributed by atoms with Gasteiger partial charge in [-0.2, -0.15) is 0 Å². The van der Waals surface area contributed by atoms with Crippen molar-refractivity contribution in [3.63, 3.8) is 0 Å². The van der Waals surface area contributed by atoms with E-state index in [1.54, 1.807) is 25.4 Å². The van der Waals surface area contributed by atoms with Crippen LogP contribution >= 0.6 is 15.9 Å². The number of ether oxygens (including phenoxy) is 2. The van der Waals surface area contributed by atoms with Gasteiger partial charge in [0.05, 0.1) is 29.4 Å². The Labute approximate surface area is 193 Å². The second-order valence-corrected chi connectivity index (χ2v) is 8.38. The summed E-state index contributed by atoms with van der Waals surface area (Å²) in [7, 11) is 1.55. The van der Waals surface area contributed by atoms with Gasteiger partial charge < -0.3 is 25.0 Å². The molecule has 0 spiro atoms. The van der Waals surface area contributed by atoms with E-state index in [2.05, 4.69) is 31.2 Å². The average Bonchev–Trinajstić information content (AvgIpc) is 3.32. The van der Waals surface area contributed by atoms with Gasteiger partial charge in [-0.05, 0) is 40.9 Å². The number of nitrogens with zero attached hydrogens (tertiary/aromatic N) is 3. The summed E-state index contributed by atoms with van der Waals surface area (Å²) in [5.74, 6) is 0.519. The van der Waals surface area contributed by atoms with Gasteiger partial charge in [0, 0.05) is 43.2 Å². The lowest BCUT2D eigenvalue weighted by molar-refractivity contribution is 0.00454. The SMILES string of the molecule is COc1cc2cnc(Nc3cc(O)c(Br)cc3F)nc2cc1OCCC(O)N1CCCC1. The second-order valence-electron chi connectivity index (χ2n) is 7.52.